The number of halogens is 1. The highest BCUT2D eigenvalue weighted by atomic mass is 127. The third kappa shape index (κ3) is 7.65. The highest BCUT2D eigenvalue weighted by Crippen LogP contribution is 2.12. The average Bonchev–Trinajstić information content (AvgIpc) is 2.66. The molecule has 1 aliphatic heterocycles. The molecule has 1 aromatic rings. The number of ether oxygens (including phenoxy) is 1. The Morgan fingerprint density at radius 1 is 1.11 bits per heavy atom. The molecule has 1 amide bonds. The summed E-state index contributed by atoms with van der Waals surface area (Å²) in [7, 11) is 0. The summed E-state index contributed by atoms with van der Waals surface area (Å²) in [5.41, 5.74) is 2.39. The van der Waals surface area contributed by atoms with Gasteiger partial charge in [-0.1, -0.05) is 31.2 Å². The number of amides is 1. The molecule has 0 spiro atoms. The Bertz CT molecular complexity index is 601. The van der Waals surface area contributed by atoms with Crippen molar-refractivity contribution >= 4 is 35.8 Å². The summed E-state index contributed by atoms with van der Waals surface area (Å²) in [4.78, 5) is 20.5. The smallest absolute Gasteiger partial charge is 0.219 e. The van der Waals surface area contributed by atoms with E-state index >= 15 is 0 Å². The third-order valence-electron chi connectivity index (χ3n) is 4.48. The molecule has 0 aromatic heterocycles. The van der Waals surface area contributed by atoms with Crippen molar-refractivity contribution < 1.29 is 9.53 Å². The minimum absolute atomic E-state index is 0. The van der Waals surface area contributed by atoms with E-state index < -0.39 is 0 Å². The molecule has 1 heterocycles. The fourth-order valence-electron chi connectivity index (χ4n) is 3.00. The van der Waals surface area contributed by atoms with Crippen molar-refractivity contribution in [2.24, 2.45) is 4.99 Å². The predicted molar refractivity (Wildman–Crippen MR) is 120 cm³/mol. The van der Waals surface area contributed by atoms with E-state index in [1.54, 1.807) is 6.92 Å². The molecule has 27 heavy (non-hydrogen) atoms. The van der Waals surface area contributed by atoms with Crippen LogP contribution in [0.2, 0.25) is 0 Å². The molecule has 2 rings (SSSR count). The van der Waals surface area contributed by atoms with Crippen molar-refractivity contribution in [2.45, 2.75) is 40.3 Å². The molecular formula is C20H33IN4O2. The standard InChI is InChI=1S/C20H32N4O2.HI/c1-4-14-26-16-19-9-7-6-8-18(19)15-22-20(21-5-2)24-12-10-23(11-13-24)17(3)25;/h6-9H,4-5,10-16H2,1-3H3,(H,21,22);1H. The SMILES string of the molecule is CCCOCc1ccccc1CN=C(NCC)N1CCN(C(C)=O)CC1.I. The Morgan fingerprint density at radius 3 is 2.33 bits per heavy atom. The maximum Gasteiger partial charge on any atom is 0.219 e. The molecule has 1 saturated heterocycles. The zero-order valence-corrected chi connectivity index (χ0v) is 19.1. The second-order valence-corrected chi connectivity index (χ2v) is 6.48. The Hall–Kier alpha value is -1.35. The van der Waals surface area contributed by atoms with Gasteiger partial charge in [-0.15, -0.1) is 24.0 Å². The second-order valence-electron chi connectivity index (χ2n) is 6.48. The summed E-state index contributed by atoms with van der Waals surface area (Å²) in [6.07, 6.45) is 1.02. The number of carbonyl (C=O) groups is 1. The highest BCUT2D eigenvalue weighted by molar-refractivity contribution is 14.0. The van der Waals surface area contributed by atoms with E-state index in [2.05, 4.69) is 36.2 Å². The molecule has 7 heteroatoms. The van der Waals surface area contributed by atoms with Crippen LogP contribution in [0.1, 0.15) is 38.3 Å². The number of nitrogens with zero attached hydrogens (tertiary/aromatic N) is 3. The summed E-state index contributed by atoms with van der Waals surface area (Å²) < 4.78 is 5.70. The normalized spacial score (nSPS) is 14.7. The van der Waals surface area contributed by atoms with Gasteiger partial charge in [0.1, 0.15) is 0 Å². The zero-order chi connectivity index (χ0) is 18.8. The Kier molecular flexibility index (Phi) is 11.3. The van der Waals surface area contributed by atoms with Crippen LogP contribution >= 0.6 is 24.0 Å². The second kappa shape index (κ2) is 12.9. The first kappa shape index (κ1) is 23.7. The van der Waals surface area contributed by atoms with E-state index in [9.17, 15) is 4.79 Å². The van der Waals surface area contributed by atoms with E-state index in [0.29, 0.717) is 13.2 Å². The summed E-state index contributed by atoms with van der Waals surface area (Å²) in [5, 5.41) is 3.38. The number of aliphatic imine (C=N–C) groups is 1. The van der Waals surface area contributed by atoms with Crippen LogP contribution in [0, 0.1) is 0 Å². The monoisotopic (exact) mass is 488 g/mol. The van der Waals surface area contributed by atoms with Gasteiger partial charge in [0.05, 0.1) is 13.2 Å². The third-order valence-corrected chi connectivity index (χ3v) is 4.48. The maximum atomic E-state index is 11.5. The molecule has 1 N–H and O–H groups in total. The van der Waals surface area contributed by atoms with E-state index in [-0.39, 0.29) is 29.9 Å². The average molecular weight is 488 g/mol. The lowest BCUT2D eigenvalue weighted by molar-refractivity contribution is -0.130. The number of benzene rings is 1. The van der Waals surface area contributed by atoms with E-state index in [0.717, 1.165) is 51.7 Å². The fraction of sp³-hybridized carbons (Fsp3) is 0.600. The number of piperazine rings is 1. The molecule has 0 bridgehead atoms. The van der Waals surface area contributed by atoms with Gasteiger partial charge < -0.3 is 19.9 Å². The first-order valence-corrected chi connectivity index (χ1v) is 9.59. The largest absolute Gasteiger partial charge is 0.377 e. The van der Waals surface area contributed by atoms with Gasteiger partial charge in [0.25, 0.3) is 0 Å². The van der Waals surface area contributed by atoms with Gasteiger partial charge in [-0.3, -0.25) is 4.79 Å². The number of guanidine groups is 1. The molecule has 0 saturated carbocycles. The molecule has 0 aliphatic carbocycles. The molecule has 1 aromatic carbocycles. The summed E-state index contributed by atoms with van der Waals surface area (Å²) in [5.74, 6) is 1.06. The van der Waals surface area contributed by atoms with Crippen LogP contribution in [0.5, 0.6) is 0 Å². The van der Waals surface area contributed by atoms with Crippen molar-refractivity contribution in [1.82, 2.24) is 15.1 Å². The number of carbonyl (C=O) groups excluding carboxylic acids is 1. The number of hydrogen-bond donors (Lipinski definition) is 1. The van der Waals surface area contributed by atoms with E-state index in [1.807, 2.05) is 17.0 Å². The molecule has 6 nitrogen and oxygen atoms in total. The molecule has 0 unspecified atom stereocenters. The predicted octanol–water partition coefficient (Wildman–Crippen LogP) is 2.86. The minimum Gasteiger partial charge on any atom is -0.377 e. The molecule has 1 fully saturated rings. The van der Waals surface area contributed by atoms with Crippen LogP contribution in [0.4, 0.5) is 0 Å². The van der Waals surface area contributed by atoms with Gasteiger partial charge in [0, 0.05) is 46.3 Å². The first-order chi connectivity index (χ1) is 12.7. The summed E-state index contributed by atoms with van der Waals surface area (Å²) in [6, 6.07) is 8.32. The minimum atomic E-state index is 0. The van der Waals surface area contributed by atoms with E-state index in [1.165, 1.54) is 11.1 Å². The van der Waals surface area contributed by atoms with Crippen molar-refractivity contribution in [2.75, 3.05) is 39.3 Å². The van der Waals surface area contributed by atoms with Crippen molar-refractivity contribution in [3.63, 3.8) is 0 Å². The van der Waals surface area contributed by atoms with Crippen molar-refractivity contribution in [3.8, 4) is 0 Å². The Balaban J connectivity index is 0.00000364. The van der Waals surface area contributed by atoms with Crippen LogP contribution in [0.25, 0.3) is 0 Å². The molecular weight excluding hydrogens is 455 g/mol. The first-order valence-electron chi connectivity index (χ1n) is 9.59. The Morgan fingerprint density at radius 2 is 1.74 bits per heavy atom. The van der Waals surface area contributed by atoms with Crippen molar-refractivity contribution in [3.05, 3.63) is 35.4 Å². The summed E-state index contributed by atoms with van der Waals surface area (Å²) >= 11 is 0. The van der Waals surface area contributed by atoms with Gasteiger partial charge >= 0.3 is 0 Å². The van der Waals surface area contributed by atoms with Crippen LogP contribution in [0.15, 0.2) is 29.3 Å². The summed E-state index contributed by atoms with van der Waals surface area (Å²) in [6.45, 7) is 11.8. The molecule has 1 aliphatic rings. The highest BCUT2D eigenvalue weighted by Gasteiger charge is 2.20. The lowest BCUT2D eigenvalue weighted by atomic mass is 10.1. The van der Waals surface area contributed by atoms with Crippen molar-refractivity contribution in [1.29, 1.82) is 0 Å². The zero-order valence-electron chi connectivity index (χ0n) is 16.7. The molecule has 0 radical (unpaired) electrons. The van der Waals surface area contributed by atoms with Gasteiger partial charge in [-0.2, -0.15) is 0 Å². The van der Waals surface area contributed by atoms with Gasteiger partial charge in [-0.25, -0.2) is 4.99 Å². The van der Waals surface area contributed by atoms with Gasteiger partial charge in [0.2, 0.25) is 5.91 Å². The maximum absolute atomic E-state index is 11.5. The van der Waals surface area contributed by atoms with Crippen LogP contribution in [-0.4, -0.2) is 61.0 Å². The van der Waals surface area contributed by atoms with E-state index in [4.69, 9.17) is 9.73 Å². The quantitative estimate of drug-likeness (QED) is 0.278. The van der Waals surface area contributed by atoms with Gasteiger partial charge in [-0.05, 0) is 24.5 Å². The number of hydrogen-bond acceptors (Lipinski definition) is 3. The topological polar surface area (TPSA) is 57.2 Å². The van der Waals surface area contributed by atoms with Gasteiger partial charge in [0.15, 0.2) is 5.96 Å². The lowest BCUT2D eigenvalue weighted by Crippen LogP contribution is -2.53. The molecule has 0 atom stereocenters. The van der Waals surface area contributed by atoms with Crippen LogP contribution < -0.4 is 5.32 Å². The molecule has 152 valence electrons. The number of nitrogens with one attached hydrogen (secondary N) is 1. The Labute approximate surface area is 180 Å². The lowest BCUT2D eigenvalue weighted by Gasteiger charge is -2.36. The van der Waals surface area contributed by atoms with Crippen LogP contribution in [-0.2, 0) is 22.7 Å². The number of rotatable bonds is 7. The fourth-order valence-corrected chi connectivity index (χ4v) is 3.00. The van der Waals surface area contributed by atoms with Crippen LogP contribution in [0.3, 0.4) is 0 Å².